The molecule has 1 aliphatic carbocycles. The smallest absolute Gasteiger partial charge is 0.248 e. The molecular weight excluding hydrogens is 264 g/mol. The van der Waals surface area contributed by atoms with E-state index in [2.05, 4.69) is 20.8 Å². The van der Waals surface area contributed by atoms with Gasteiger partial charge in [-0.1, -0.05) is 15.9 Å². The normalized spacial score (nSPS) is 29.0. The summed E-state index contributed by atoms with van der Waals surface area (Å²) in [5, 5.41) is 1.09. The first-order valence-electron chi connectivity index (χ1n) is 5.75. The van der Waals surface area contributed by atoms with E-state index in [9.17, 15) is 8.78 Å². The van der Waals surface area contributed by atoms with Crippen molar-refractivity contribution < 1.29 is 8.78 Å². The molecule has 0 atom stereocenters. The van der Waals surface area contributed by atoms with E-state index < -0.39 is 5.92 Å². The highest BCUT2D eigenvalue weighted by Crippen LogP contribution is 2.42. The van der Waals surface area contributed by atoms with Gasteiger partial charge in [0.1, 0.15) is 0 Å². The zero-order chi connectivity index (χ0) is 10.9. The molecule has 2 fully saturated rings. The number of alkyl halides is 3. The van der Waals surface area contributed by atoms with Crippen LogP contribution in [0.4, 0.5) is 8.78 Å². The van der Waals surface area contributed by atoms with Crippen molar-refractivity contribution in [1.82, 2.24) is 4.90 Å². The molecule has 0 bridgehead atoms. The molecule has 4 heteroatoms. The van der Waals surface area contributed by atoms with Crippen molar-refractivity contribution >= 4 is 15.9 Å². The zero-order valence-corrected chi connectivity index (χ0v) is 10.5. The van der Waals surface area contributed by atoms with E-state index in [0.29, 0.717) is 0 Å². The lowest BCUT2D eigenvalue weighted by molar-refractivity contribution is -0.117. The van der Waals surface area contributed by atoms with Gasteiger partial charge in [-0.2, -0.15) is 0 Å². The third-order valence-corrected chi connectivity index (χ3v) is 4.53. The molecule has 0 N–H and O–H groups in total. The Balaban J connectivity index is 1.65. The molecule has 2 aliphatic rings. The highest BCUT2D eigenvalue weighted by Gasteiger charge is 2.45. The minimum Gasteiger partial charge on any atom is -0.303 e. The molecule has 1 saturated carbocycles. The highest BCUT2D eigenvalue weighted by molar-refractivity contribution is 9.09. The van der Waals surface area contributed by atoms with Crippen LogP contribution in [0.25, 0.3) is 0 Å². The molecule has 1 nitrogen and oxygen atoms in total. The van der Waals surface area contributed by atoms with Gasteiger partial charge in [0.2, 0.25) is 5.92 Å². The monoisotopic (exact) mass is 281 g/mol. The van der Waals surface area contributed by atoms with Gasteiger partial charge in [-0.05, 0) is 37.8 Å². The Kier molecular flexibility index (Phi) is 3.66. The van der Waals surface area contributed by atoms with Crippen molar-refractivity contribution in [3.63, 3.8) is 0 Å². The summed E-state index contributed by atoms with van der Waals surface area (Å²) in [4.78, 5) is 2.36. The Labute approximate surface area is 98.3 Å². The van der Waals surface area contributed by atoms with E-state index in [1.54, 1.807) is 0 Å². The van der Waals surface area contributed by atoms with E-state index in [1.165, 1.54) is 12.8 Å². The Hall–Kier alpha value is 0.300. The Morgan fingerprint density at radius 3 is 2.20 bits per heavy atom. The average Bonchev–Trinajstić information content (AvgIpc) is 2.16. The predicted molar refractivity (Wildman–Crippen MR) is 60.6 cm³/mol. The molecule has 0 radical (unpaired) electrons. The summed E-state index contributed by atoms with van der Waals surface area (Å²) in [5.74, 6) is -1.30. The standard InChI is InChI=1S/C11H18BrF2N/c12-7-9-1-3-15(4-2-9)8-10-5-11(13,14)6-10/h9-10H,1-8H2. The maximum atomic E-state index is 12.6. The maximum Gasteiger partial charge on any atom is 0.248 e. The first kappa shape index (κ1) is 11.8. The quantitative estimate of drug-likeness (QED) is 0.719. The van der Waals surface area contributed by atoms with E-state index in [4.69, 9.17) is 0 Å². The highest BCUT2D eigenvalue weighted by atomic mass is 79.9. The lowest BCUT2D eigenvalue weighted by Crippen LogP contribution is -2.45. The fourth-order valence-electron chi connectivity index (χ4n) is 2.60. The average molecular weight is 282 g/mol. The van der Waals surface area contributed by atoms with Crippen LogP contribution in [0, 0.1) is 11.8 Å². The summed E-state index contributed by atoms with van der Waals surface area (Å²) < 4.78 is 25.3. The van der Waals surface area contributed by atoms with Gasteiger partial charge < -0.3 is 4.90 Å². The van der Waals surface area contributed by atoms with Crippen molar-refractivity contribution in [2.24, 2.45) is 11.8 Å². The Bertz CT molecular complexity index is 207. The van der Waals surface area contributed by atoms with E-state index in [0.717, 1.165) is 30.9 Å². The number of likely N-dealkylation sites (tertiary alicyclic amines) is 1. The number of hydrogen-bond acceptors (Lipinski definition) is 1. The molecule has 0 aromatic carbocycles. The molecule has 0 aromatic heterocycles. The summed E-state index contributed by atoms with van der Waals surface area (Å²) >= 11 is 3.50. The van der Waals surface area contributed by atoms with Gasteiger partial charge in [0.15, 0.2) is 0 Å². The molecule has 15 heavy (non-hydrogen) atoms. The lowest BCUT2D eigenvalue weighted by Gasteiger charge is -2.40. The van der Waals surface area contributed by atoms with E-state index in [-0.39, 0.29) is 18.8 Å². The van der Waals surface area contributed by atoms with Crippen LogP contribution < -0.4 is 0 Å². The van der Waals surface area contributed by atoms with Gasteiger partial charge in [0.25, 0.3) is 0 Å². The van der Waals surface area contributed by atoms with Crippen LogP contribution in [-0.2, 0) is 0 Å². The van der Waals surface area contributed by atoms with Crippen molar-refractivity contribution in [2.45, 2.75) is 31.6 Å². The third kappa shape index (κ3) is 3.13. The van der Waals surface area contributed by atoms with Gasteiger partial charge in [0, 0.05) is 24.7 Å². The van der Waals surface area contributed by atoms with E-state index >= 15 is 0 Å². The van der Waals surface area contributed by atoms with Crippen LogP contribution in [0.3, 0.4) is 0 Å². The zero-order valence-electron chi connectivity index (χ0n) is 8.89. The summed E-state index contributed by atoms with van der Waals surface area (Å²) in [5.41, 5.74) is 0. The van der Waals surface area contributed by atoms with Gasteiger partial charge in [-0.15, -0.1) is 0 Å². The lowest BCUT2D eigenvalue weighted by atomic mass is 9.80. The number of halogens is 3. The van der Waals surface area contributed by atoms with Crippen LogP contribution in [0.15, 0.2) is 0 Å². The minimum atomic E-state index is -2.35. The SMILES string of the molecule is FC1(F)CC(CN2CCC(CBr)CC2)C1. The first-order chi connectivity index (χ1) is 7.09. The number of piperidine rings is 1. The largest absolute Gasteiger partial charge is 0.303 e. The number of nitrogens with zero attached hydrogens (tertiary/aromatic N) is 1. The topological polar surface area (TPSA) is 3.24 Å². The molecule has 0 spiro atoms. The first-order valence-corrected chi connectivity index (χ1v) is 6.87. The van der Waals surface area contributed by atoms with E-state index in [1.807, 2.05) is 0 Å². The number of rotatable bonds is 3. The molecular formula is C11H18BrF2N. The summed E-state index contributed by atoms with van der Waals surface area (Å²) in [6, 6.07) is 0. The fraction of sp³-hybridized carbons (Fsp3) is 1.00. The van der Waals surface area contributed by atoms with Crippen molar-refractivity contribution in [1.29, 1.82) is 0 Å². The molecule has 2 rings (SSSR count). The van der Waals surface area contributed by atoms with Crippen molar-refractivity contribution in [3.8, 4) is 0 Å². The fourth-order valence-corrected chi connectivity index (χ4v) is 3.25. The summed E-state index contributed by atoms with van der Waals surface area (Å²) in [6.07, 6.45) is 2.67. The molecule has 1 aliphatic heterocycles. The Morgan fingerprint density at radius 1 is 1.13 bits per heavy atom. The third-order valence-electron chi connectivity index (χ3n) is 3.62. The number of hydrogen-bond donors (Lipinski definition) is 0. The molecule has 0 amide bonds. The molecule has 0 aromatic rings. The Morgan fingerprint density at radius 2 is 1.73 bits per heavy atom. The van der Waals surface area contributed by atoms with Crippen LogP contribution >= 0.6 is 15.9 Å². The second-order valence-corrected chi connectivity index (χ2v) is 5.68. The molecule has 1 saturated heterocycles. The van der Waals surface area contributed by atoms with Crippen molar-refractivity contribution in [2.75, 3.05) is 25.0 Å². The van der Waals surface area contributed by atoms with Gasteiger partial charge in [-0.3, -0.25) is 0 Å². The molecule has 1 heterocycles. The predicted octanol–water partition coefficient (Wildman–Crippen LogP) is 3.14. The maximum absolute atomic E-state index is 12.6. The molecule has 88 valence electrons. The van der Waals surface area contributed by atoms with Gasteiger partial charge in [0.05, 0.1) is 0 Å². The van der Waals surface area contributed by atoms with Crippen LogP contribution in [0.1, 0.15) is 25.7 Å². The van der Waals surface area contributed by atoms with Crippen LogP contribution in [0.5, 0.6) is 0 Å². The van der Waals surface area contributed by atoms with Crippen molar-refractivity contribution in [3.05, 3.63) is 0 Å². The molecule has 0 unspecified atom stereocenters. The second-order valence-electron chi connectivity index (χ2n) is 5.03. The van der Waals surface area contributed by atoms with Gasteiger partial charge in [-0.25, -0.2) is 8.78 Å². The summed E-state index contributed by atoms with van der Waals surface area (Å²) in [6.45, 7) is 3.08. The summed E-state index contributed by atoms with van der Waals surface area (Å²) in [7, 11) is 0. The van der Waals surface area contributed by atoms with Gasteiger partial charge >= 0.3 is 0 Å². The second kappa shape index (κ2) is 4.66. The van der Waals surface area contributed by atoms with Crippen LogP contribution in [0.2, 0.25) is 0 Å². The minimum absolute atomic E-state index is 0.116. The van der Waals surface area contributed by atoms with Crippen LogP contribution in [-0.4, -0.2) is 35.8 Å².